The van der Waals surface area contributed by atoms with E-state index in [1.54, 1.807) is 12.1 Å². The molecule has 0 aromatic heterocycles. The molecule has 0 atom stereocenters. The zero-order valence-electron chi connectivity index (χ0n) is 13.8. The van der Waals surface area contributed by atoms with Crippen LogP contribution in [0.25, 0.3) is 11.1 Å². The van der Waals surface area contributed by atoms with Crippen molar-refractivity contribution in [2.45, 2.75) is 46.8 Å². The molecule has 2 rings (SSSR count). The normalized spacial score (nSPS) is 11.1. The molecule has 0 fully saturated rings. The monoisotopic (exact) mass is 302 g/mol. The van der Waals surface area contributed by atoms with Gasteiger partial charge in [0.15, 0.2) is 0 Å². The van der Waals surface area contributed by atoms with E-state index in [2.05, 4.69) is 0 Å². The van der Waals surface area contributed by atoms with Gasteiger partial charge in [-0.1, -0.05) is 18.2 Å². The number of para-hydroxylation sites is 1. The van der Waals surface area contributed by atoms with Crippen molar-refractivity contribution >= 4 is 0 Å². The fraction of sp³-hybridized carbons (Fsp3) is 0.368. The minimum Gasteiger partial charge on any atom is -0.491 e. The third-order valence-electron chi connectivity index (χ3n) is 3.17. The van der Waals surface area contributed by atoms with Gasteiger partial charge in [0.2, 0.25) is 0 Å². The van der Waals surface area contributed by atoms with Crippen LogP contribution in [0, 0.1) is 12.7 Å². The lowest BCUT2D eigenvalue weighted by molar-refractivity contribution is 0.241. The third kappa shape index (κ3) is 3.79. The standard InChI is InChI=1S/C19H23FO2/c1-12(2)21-15-9-10-18(20)17(11-15)16-8-6-7-14(5)19(16)22-13(3)4/h6-13H,1-5H3. The zero-order valence-corrected chi connectivity index (χ0v) is 13.8. The van der Waals surface area contributed by atoms with Crippen LogP contribution in [-0.2, 0) is 0 Å². The van der Waals surface area contributed by atoms with Crippen molar-refractivity contribution in [3.8, 4) is 22.6 Å². The minimum atomic E-state index is -0.282. The molecule has 0 N–H and O–H groups in total. The Kier molecular flexibility index (Phi) is 5.07. The molecular weight excluding hydrogens is 279 g/mol. The smallest absolute Gasteiger partial charge is 0.131 e. The van der Waals surface area contributed by atoms with Gasteiger partial charge in [-0.3, -0.25) is 0 Å². The quantitative estimate of drug-likeness (QED) is 0.738. The van der Waals surface area contributed by atoms with Gasteiger partial charge in [0, 0.05) is 11.1 Å². The Balaban J connectivity index is 2.53. The fourth-order valence-electron chi connectivity index (χ4n) is 2.31. The molecule has 0 aliphatic carbocycles. The predicted molar refractivity (Wildman–Crippen MR) is 88.1 cm³/mol. The number of hydrogen-bond donors (Lipinski definition) is 0. The van der Waals surface area contributed by atoms with Crippen molar-refractivity contribution in [2.24, 2.45) is 0 Å². The molecule has 0 spiro atoms. The van der Waals surface area contributed by atoms with Crippen LogP contribution in [-0.4, -0.2) is 12.2 Å². The van der Waals surface area contributed by atoms with Crippen LogP contribution in [0.3, 0.4) is 0 Å². The Morgan fingerprint density at radius 3 is 2.18 bits per heavy atom. The predicted octanol–water partition coefficient (Wildman–Crippen LogP) is 5.38. The first-order valence-electron chi connectivity index (χ1n) is 7.61. The van der Waals surface area contributed by atoms with Gasteiger partial charge >= 0.3 is 0 Å². The first kappa shape index (κ1) is 16.3. The lowest BCUT2D eigenvalue weighted by Gasteiger charge is -2.18. The first-order valence-corrected chi connectivity index (χ1v) is 7.61. The van der Waals surface area contributed by atoms with Crippen LogP contribution < -0.4 is 9.47 Å². The largest absolute Gasteiger partial charge is 0.491 e. The Labute approximate surface area is 131 Å². The Morgan fingerprint density at radius 1 is 0.864 bits per heavy atom. The SMILES string of the molecule is Cc1cccc(-c2cc(OC(C)C)ccc2F)c1OC(C)C. The molecule has 2 aromatic rings. The first-order chi connectivity index (χ1) is 10.4. The van der Waals surface area contributed by atoms with Crippen molar-refractivity contribution in [3.05, 3.63) is 47.8 Å². The summed E-state index contributed by atoms with van der Waals surface area (Å²) in [7, 11) is 0. The molecule has 3 heteroatoms. The second kappa shape index (κ2) is 6.82. The Morgan fingerprint density at radius 2 is 1.55 bits per heavy atom. The van der Waals surface area contributed by atoms with Gasteiger partial charge in [-0.15, -0.1) is 0 Å². The molecule has 118 valence electrons. The zero-order chi connectivity index (χ0) is 16.3. The van der Waals surface area contributed by atoms with Gasteiger partial charge in [-0.05, 0) is 58.4 Å². The highest BCUT2D eigenvalue weighted by atomic mass is 19.1. The van der Waals surface area contributed by atoms with Crippen LogP contribution in [0.1, 0.15) is 33.3 Å². The van der Waals surface area contributed by atoms with Gasteiger partial charge in [-0.25, -0.2) is 4.39 Å². The van der Waals surface area contributed by atoms with Gasteiger partial charge in [0.25, 0.3) is 0 Å². The van der Waals surface area contributed by atoms with Gasteiger partial charge in [0.1, 0.15) is 17.3 Å². The molecule has 0 aliphatic rings. The maximum Gasteiger partial charge on any atom is 0.131 e. The molecule has 0 bridgehead atoms. The summed E-state index contributed by atoms with van der Waals surface area (Å²) in [6.07, 6.45) is 0.0696. The molecule has 2 nitrogen and oxygen atoms in total. The fourth-order valence-corrected chi connectivity index (χ4v) is 2.31. The van der Waals surface area contributed by atoms with E-state index in [-0.39, 0.29) is 18.0 Å². The number of hydrogen-bond acceptors (Lipinski definition) is 2. The minimum absolute atomic E-state index is 0.0259. The van der Waals surface area contributed by atoms with Crippen LogP contribution in [0.2, 0.25) is 0 Å². The number of halogens is 1. The molecular formula is C19H23FO2. The van der Waals surface area contributed by atoms with Crippen LogP contribution in [0.15, 0.2) is 36.4 Å². The van der Waals surface area contributed by atoms with Gasteiger partial charge < -0.3 is 9.47 Å². The summed E-state index contributed by atoms with van der Waals surface area (Å²) in [5.41, 5.74) is 2.23. The topological polar surface area (TPSA) is 18.5 Å². The number of rotatable bonds is 5. The second-order valence-corrected chi connectivity index (χ2v) is 5.93. The summed E-state index contributed by atoms with van der Waals surface area (Å²) >= 11 is 0. The summed E-state index contributed by atoms with van der Waals surface area (Å²) in [5, 5.41) is 0. The molecule has 0 amide bonds. The lowest BCUT2D eigenvalue weighted by Crippen LogP contribution is -2.08. The van der Waals surface area contributed by atoms with Crippen molar-refractivity contribution in [2.75, 3.05) is 0 Å². The average molecular weight is 302 g/mol. The molecule has 22 heavy (non-hydrogen) atoms. The number of aryl methyl sites for hydroxylation is 1. The van der Waals surface area contributed by atoms with Gasteiger partial charge in [0.05, 0.1) is 12.2 Å². The highest BCUT2D eigenvalue weighted by molar-refractivity contribution is 5.73. The highest BCUT2D eigenvalue weighted by Crippen LogP contribution is 2.36. The van der Waals surface area contributed by atoms with E-state index >= 15 is 0 Å². The molecule has 0 saturated carbocycles. The summed E-state index contributed by atoms with van der Waals surface area (Å²) in [5.74, 6) is 1.09. The van der Waals surface area contributed by atoms with Crippen molar-refractivity contribution in [3.63, 3.8) is 0 Å². The lowest BCUT2D eigenvalue weighted by atomic mass is 10.0. The number of benzene rings is 2. The maximum atomic E-state index is 14.3. The average Bonchev–Trinajstić information content (AvgIpc) is 2.42. The van der Waals surface area contributed by atoms with Crippen LogP contribution in [0.4, 0.5) is 4.39 Å². The third-order valence-corrected chi connectivity index (χ3v) is 3.17. The maximum absolute atomic E-state index is 14.3. The molecule has 0 radical (unpaired) electrons. The molecule has 0 saturated heterocycles. The van der Waals surface area contributed by atoms with Crippen LogP contribution >= 0.6 is 0 Å². The van der Waals surface area contributed by atoms with E-state index in [1.807, 2.05) is 52.8 Å². The van der Waals surface area contributed by atoms with Crippen molar-refractivity contribution in [1.29, 1.82) is 0 Å². The van der Waals surface area contributed by atoms with E-state index < -0.39 is 0 Å². The Hall–Kier alpha value is -2.03. The Bertz CT molecular complexity index is 648. The summed E-state index contributed by atoms with van der Waals surface area (Å²) in [6, 6.07) is 10.6. The highest BCUT2D eigenvalue weighted by Gasteiger charge is 2.15. The summed E-state index contributed by atoms with van der Waals surface area (Å²) in [6.45, 7) is 9.79. The van der Waals surface area contributed by atoms with E-state index in [4.69, 9.17) is 9.47 Å². The van der Waals surface area contributed by atoms with Crippen molar-refractivity contribution in [1.82, 2.24) is 0 Å². The van der Waals surface area contributed by atoms with E-state index in [0.29, 0.717) is 11.3 Å². The number of ether oxygens (including phenoxy) is 2. The molecule has 2 aromatic carbocycles. The van der Waals surface area contributed by atoms with Crippen molar-refractivity contribution < 1.29 is 13.9 Å². The molecule has 0 unspecified atom stereocenters. The summed E-state index contributed by atoms with van der Waals surface area (Å²) in [4.78, 5) is 0. The van der Waals surface area contributed by atoms with E-state index in [1.165, 1.54) is 6.07 Å². The summed E-state index contributed by atoms with van der Waals surface area (Å²) < 4.78 is 25.9. The molecule has 0 aliphatic heterocycles. The van der Waals surface area contributed by atoms with E-state index in [9.17, 15) is 4.39 Å². The molecule has 0 heterocycles. The van der Waals surface area contributed by atoms with E-state index in [0.717, 1.165) is 16.9 Å². The van der Waals surface area contributed by atoms with Crippen LogP contribution in [0.5, 0.6) is 11.5 Å². The second-order valence-electron chi connectivity index (χ2n) is 5.93. The van der Waals surface area contributed by atoms with Gasteiger partial charge in [-0.2, -0.15) is 0 Å².